The van der Waals surface area contributed by atoms with Gasteiger partial charge in [0.25, 0.3) is 0 Å². The molecule has 0 aliphatic carbocycles. The van der Waals surface area contributed by atoms with Crippen molar-refractivity contribution in [2.75, 3.05) is 0 Å². The number of hydrogen-bond acceptors (Lipinski definition) is 2. The Bertz CT molecular complexity index is 144. The summed E-state index contributed by atoms with van der Waals surface area (Å²) in [6, 6.07) is 0. The number of carboxylic acids is 2. The third kappa shape index (κ3) is 19.2. The van der Waals surface area contributed by atoms with Crippen LogP contribution in [0, 0.1) is 0 Å². The van der Waals surface area contributed by atoms with Crippen LogP contribution in [0.1, 0.15) is 0 Å². The molecule has 0 amide bonds. The van der Waals surface area contributed by atoms with Gasteiger partial charge in [-0.1, -0.05) is 46.4 Å². The van der Waals surface area contributed by atoms with Crippen molar-refractivity contribution in [2.24, 2.45) is 0 Å². The Morgan fingerprint density at radius 2 is 0.923 bits per heavy atom. The second kappa shape index (κ2) is 10.8. The molecule has 0 fully saturated rings. The molecule has 0 aliphatic rings. The standard InChI is InChI=1S/2C2H2Cl2O2.Zn/c2*3-1(4)2(5)6;/h2*1H,(H,5,6);. The summed E-state index contributed by atoms with van der Waals surface area (Å²) >= 11 is 19.1. The van der Waals surface area contributed by atoms with Crippen molar-refractivity contribution < 1.29 is 39.3 Å². The van der Waals surface area contributed by atoms with E-state index in [1.165, 1.54) is 0 Å². The van der Waals surface area contributed by atoms with Crippen molar-refractivity contribution in [2.45, 2.75) is 9.67 Å². The van der Waals surface area contributed by atoms with Gasteiger partial charge in [-0.25, -0.2) is 9.59 Å². The first-order valence-corrected chi connectivity index (χ1v) is 4.05. The van der Waals surface area contributed by atoms with Crippen molar-refractivity contribution in [3.05, 3.63) is 0 Å². The van der Waals surface area contributed by atoms with Gasteiger partial charge in [0, 0.05) is 19.5 Å². The zero-order valence-corrected chi connectivity index (χ0v) is 12.1. The molecular weight excluding hydrogens is 319 g/mol. The second-order valence-electron chi connectivity index (χ2n) is 1.28. The maximum Gasteiger partial charge on any atom is 0.337 e. The van der Waals surface area contributed by atoms with E-state index >= 15 is 0 Å². The predicted molar refractivity (Wildman–Crippen MR) is 46.3 cm³/mol. The third-order valence-corrected chi connectivity index (χ3v) is 1.12. The number of alkyl halides is 4. The van der Waals surface area contributed by atoms with Crippen LogP contribution in [-0.2, 0) is 29.1 Å². The van der Waals surface area contributed by atoms with Crippen LogP contribution in [0.4, 0.5) is 0 Å². The first kappa shape index (κ1) is 19.3. The molecule has 0 unspecified atom stereocenters. The number of aliphatic carboxylic acids is 2. The molecule has 0 radical (unpaired) electrons. The number of carbonyl (C=O) groups is 2. The molecule has 0 aliphatic heterocycles. The van der Waals surface area contributed by atoms with Crippen molar-refractivity contribution in [3.63, 3.8) is 0 Å². The number of carboxylic acid groups (broad SMARTS) is 2. The van der Waals surface area contributed by atoms with Gasteiger partial charge in [0.15, 0.2) is 0 Å². The van der Waals surface area contributed by atoms with E-state index in [-0.39, 0.29) is 19.5 Å². The van der Waals surface area contributed by atoms with E-state index in [9.17, 15) is 9.59 Å². The molecule has 13 heavy (non-hydrogen) atoms. The minimum atomic E-state index is -1.29. The molecule has 0 spiro atoms. The van der Waals surface area contributed by atoms with Crippen molar-refractivity contribution in [1.29, 1.82) is 0 Å². The first-order valence-electron chi connectivity index (χ1n) is 2.31. The van der Waals surface area contributed by atoms with Crippen molar-refractivity contribution >= 4 is 58.3 Å². The Hall–Kier alpha value is 0.723. The summed E-state index contributed by atoms with van der Waals surface area (Å²) in [5.74, 6) is -2.42. The van der Waals surface area contributed by atoms with E-state index in [0.717, 1.165) is 0 Å². The quantitative estimate of drug-likeness (QED) is 0.600. The van der Waals surface area contributed by atoms with E-state index in [1.54, 1.807) is 0 Å². The van der Waals surface area contributed by atoms with Crippen molar-refractivity contribution in [3.8, 4) is 0 Å². The smallest absolute Gasteiger partial charge is 0.337 e. The normalized spacial score (nSPS) is 8.46. The van der Waals surface area contributed by atoms with E-state index in [2.05, 4.69) is 0 Å². The second-order valence-corrected chi connectivity index (χ2v) is 3.47. The summed E-state index contributed by atoms with van der Waals surface area (Å²) in [5, 5.41) is 15.5. The molecule has 4 nitrogen and oxygen atoms in total. The Labute approximate surface area is 107 Å². The van der Waals surface area contributed by atoms with Gasteiger partial charge in [0.05, 0.1) is 0 Å². The Kier molecular flexibility index (Phi) is 16.1. The molecule has 0 aromatic rings. The Morgan fingerprint density at radius 3 is 0.923 bits per heavy atom. The summed E-state index contributed by atoms with van der Waals surface area (Å²) in [7, 11) is 0. The van der Waals surface area contributed by atoms with E-state index in [4.69, 9.17) is 56.6 Å². The largest absolute Gasteiger partial charge is 0.479 e. The van der Waals surface area contributed by atoms with Gasteiger partial charge in [0.2, 0.25) is 9.67 Å². The van der Waals surface area contributed by atoms with Gasteiger partial charge < -0.3 is 10.2 Å². The summed E-state index contributed by atoms with van der Waals surface area (Å²) in [6.45, 7) is 0. The zero-order valence-electron chi connectivity index (χ0n) is 6.08. The number of rotatable bonds is 2. The minimum absolute atomic E-state index is 0. The van der Waals surface area contributed by atoms with Crippen molar-refractivity contribution in [1.82, 2.24) is 0 Å². The summed E-state index contributed by atoms with van der Waals surface area (Å²) in [6.07, 6.45) is 0. The summed E-state index contributed by atoms with van der Waals surface area (Å²) < 4.78 is 0. The molecule has 0 bridgehead atoms. The molecule has 9 heteroatoms. The third-order valence-electron chi connectivity index (χ3n) is 0.373. The van der Waals surface area contributed by atoms with Crippen LogP contribution >= 0.6 is 46.4 Å². The topological polar surface area (TPSA) is 74.6 Å². The van der Waals surface area contributed by atoms with Gasteiger partial charge >= 0.3 is 11.9 Å². The molecule has 0 saturated heterocycles. The minimum Gasteiger partial charge on any atom is -0.479 e. The van der Waals surface area contributed by atoms with E-state index < -0.39 is 21.6 Å². The molecule has 0 aromatic carbocycles. The monoisotopic (exact) mass is 320 g/mol. The fourth-order valence-electron chi connectivity index (χ4n) is 0. The van der Waals surface area contributed by atoms with Crippen LogP contribution in [0.15, 0.2) is 0 Å². The molecule has 74 valence electrons. The fourth-order valence-corrected chi connectivity index (χ4v) is 0. The maximum atomic E-state index is 9.44. The van der Waals surface area contributed by atoms with Crippen LogP contribution in [0.25, 0.3) is 0 Å². The van der Waals surface area contributed by atoms with Crippen LogP contribution < -0.4 is 0 Å². The molecule has 0 saturated carbocycles. The first-order chi connectivity index (χ1) is 5.29. The molecule has 0 atom stereocenters. The van der Waals surface area contributed by atoms with E-state index in [1.807, 2.05) is 0 Å². The SMILES string of the molecule is O=C(O)C(Cl)Cl.O=C(O)C(Cl)Cl.[Zn]. The number of hydrogen-bond donors (Lipinski definition) is 2. The number of halogens is 4. The van der Waals surface area contributed by atoms with Crippen LogP contribution in [-0.4, -0.2) is 31.8 Å². The van der Waals surface area contributed by atoms with Crippen LogP contribution in [0.2, 0.25) is 0 Å². The zero-order chi connectivity index (χ0) is 10.3. The van der Waals surface area contributed by atoms with Gasteiger partial charge in [0.1, 0.15) is 0 Å². The van der Waals surface area contributed by atoms with Gasteiger partial charge in [-0.15, -0.1) is 0 Å². The predicted octanol–water partition coefficient (Wildman–Crippen LogP) is 1.75. The van der Waals surface area contributed by atoms with Crippen LogP contribution in [0.5, 0.6) is 0 Å². The van der Waals surface area contributed by atoms with Gasteiger partial charge in [-0.05, 0) is 0 Å². The molecule has 2 N–H and O–H groups in total. The molecular formula is C4H4Cl4O4Zn. The average molecular weight is 323 g/mol. The summed E-state index contributed by atoms with van der Waals surface area (Å²) in [5.41, 5.74) is 0. The average Bonchev–Trinajstić information content (AvgIpc) is 1.88. The van der Waals surface area contributed by atoms with E-state index in [0.29, 0.717) is 0 Å². The Morgan fingerprint density at radius 1 is 0.846 bits per heavy atom. The van der Waals surface area contributed by atoms with Gasteiger partial charge in [-0.3, -0.25) is 0 Å². The van der Waals surface area contributed by atoms with Gasteiger partial charge in [-0.2, -0.15) is 0 Å². The van der Waals surface area contributed by atoms with Crippen LogP contribution in [0.3, 0.4) is 0 Å². The summed E-state index contributed by atoms with van der Waals surface area (Å²) in [4.78, 5) is 16.3. The molecule has 0 aromatic heterocycles. The molecule has 0 heterocycles. The fraction of sp³-hybridized carbons (Fsp3) is 0.500. The molecule has 0 rings (SSSR count). The Balaban J connectivity index is -0.000000143. The maximum absolute atomic E-state index is 9.44.